The number of carbonyl (C=O) groups is 2. The number of fused-ring (bicyclic) bond motifs is 2. The maximum absolute atomic E-state index is 13.5. The lowest BCUT2D eigenvalue weighted by molar-refractivity contribution is -0.122. The normalized spacial score (nSPS) is 15.7. The van der Waals surface area contributed by atoms with Gasteiger partial charge in [-0.1, -0.05) is 42.5 Å². The van der Waals surface area contributed by atoms with Crippen LogP contribution in [0.2, 0.25) is 0 Å². The third-order valence-electron chi connectivity index (χ3n) is 6.69. The average molecular weight is 518 g/mol. The molecule has 4 aromatic rings. The monoisotopic (exact) mass is 517 g/mol. The first-order chi connectivity index (χ1) is 18.5. The van der Waals surface area contributed by atoms with Gasteiger partial charge in [0.1, 0.15) is 17.1 Å². The minimum absolute atomic E-state index is 0.0210. The average Bonchev–Trinajstić information content (AvgIpc) is 2.92. The highest BCUT2D eigenvalue weighted by molar-refractivity contribution is 7.80. The summed E-state index contributed by atoms with van der Waals surface area (Å²) in [4.78, 5) is 29.8. The molecule has 0 bridgehead atoms. The zero-order valence-corrected chi connectivity index (χ0v) is 21.4. The first-order valence-corrected chi connectivity index (χ1v) is 12.6. The Bertz CT molecular complexity index is 1610. The molecule has 6 nitrogen and oxygen atoms in total. The predicted molar refractivity (Wildman–Crippen MR) is 153 cm³/mol. The van der Waals surface area contributed by atoms with Gasteiger partial charge in [0, 0.05) is 24.8 Å². The van der Waals surface area contributed by atoms with E-state index in [1.807, 2.05) is 67.7 Å². The Balaban J connectivity index is 1.27. The van der Waals surface area contributed by atoms with Crippen molar-refractivity contribution in [1.29, 1.82) is 0 Å². The molecule has 0 unspecified atom stereocenters. The second-order valence-corrected chi connectivity index (χ2v) is 9.51. The van der Waals surface area contributed by atoms with Gasteiger partial charge in [-0.15, -0.1) is 0 Å². The fourth-order valence-electron chi connectivity index (χ4n) is 4.83. The van der Waals surface area contributed by atoms with E-state index < -0.39 is 11.8 Å². The second-order valence-electron chi connectivity index (χ2n) is 9.12. The molecule has 0 aliphatic carbocycles. The summed E-state index contributed by atoms with van der Waals surface area (Å²) in [7, 11) is 2.04. The molecule has 4 aromatic carbocycles. The number of nitrogens with zero attached hydrogens (tertiary/aromatic N) is 2. The number of nitrogens with one attached hydrogen (secondary N) is 1. The van der Waals surface area contributed by atoms with Crippen molar-refractivity contribution in [1.82, 2.24) is 5.32 Å². The van der Waals surface area contributed by atoms with Crippen molar-refractivity contribution in [3.05, 3.63) is 119 Å². The van der Waals surface area contributed by atoms with Crippen molar-refractivity contribution in [3.8, 4) is 11.5 Å². The molecule has 2 aliphatic heterocycles. The Morgan fingerprint density at radius 1 is 0.816 bits per heavy atom. The third kappa shape index (κ3) is 4.33. The molecule has 2 amide bonds. The van der Waals surface area contributed by atoms with Crippen LogP contribution in [0.3, 0.4) is 0 Å². The third-order valence-corrected chi connectivity index (χ3v) is 6.97. The molecule has 186 valence electrons. The Kier molecular flexibility index (Phi) is 5.98. The van der Waals surface area contributed by atoms with Crippen LogP contribution in [-0.4, -0.2) is 24.0 Å². The van der Waals surface area contributed by atoms with Crippen LogP contribution in [0.4, 0.5) is 17.1 Å². The number of amides is 2. The summed E-state index contributed by atoms with van der Waals surface area (Å²) < 4.78 is 5.85. The largest absolute Gasteiger partial charge is 0.457 e. The van der Waals surface area contributed by atoms with Crippen LogP contribution in [0.5, 0.6) is 11.5 Å². The van der Waals surface area contributed by atoms with Gasteiger partial charge in [0.2, 0.25) is 0 Å². The fraction of sp³-hybridized carbons (Fsp3) is 0.0645. The van der Waals surface area contributed by atoms with E-state index >= 15 is 0 Å². The Hall–Kier alpha value is -4.75. The van der Waals surface area contributed by atoms with Crippen LogP contribution in [0.1, 0.15) is 16.7 Å². The van der Waals surface area contributed by atoms with Crippen LogP contribution in [-0.2, 0) is 16.0 Å². The number of rotatable bonds is 4. The van der Waals surface area contributed by atoms with Gasteiger partial charge < -0.3 is 9.64 Å². The first kappa shape index (κ1) is 23.6. The van der Waals surface area contributed by atoms with Crippen LogP contribution in [0.25, 0.3) is 6.08 Å². The Morgan fingerprint density at radius 2 is 1.50 bits per heavy atom. The van der Waals surface area contributed by atoms with Crippen molar-refractivity contribution in [2.75, 3.05) is 16.8 Å². The molecule has 6 rings (SSSR count). The van der Waals surface area contributed by atoms with Gasteiger partial charge >= 0.3 is 0 Å². The highest BCUT2D eigenvalue weighted by Gasteiger charge is 2.34. The predicted octanol–water partition coefficient (Wildman–Crippen LogP) is 5.98. The minimum Gasteiger partial charge on any atom is -0.457 e. The van der Waals surface area contributed by atoms with E-state index in [4.69, 9.17) is 17.0 Å². The number of benzene rings is 4. The summed E-state index contributed by atoms with van der Waals surface area (Å²) in [6, 6.07) is 30.7. The van der Waals surface area contributed by atoms with Gasteiger partial charge in [-0.2, -0.15) is 0 Å². The molecule has 2 aliphatic rings. The van der Waals surface area contributed by atoms with E-state index in [1.54, 1.807) is 30.3 Å². The molecular formula is C31H23N3O3S. The number of hydrogen-bond acceptors (Lipinski definition) is 5. The van der Waals surface area contributed by atoms with Crippen molar-refractivity contribution < 1.29 is 14.3 Å². The van der Waals surface area contributed by atoms with Gasteiger partial charge in [0.25, 0.3) is 11.8 Å². The zero-order chi connectivity index (χ0) is 26.2. The highest BCUT2D eigenvalue weighted by Crippen LogP contribution is 2.38. The molecule has 1 fully saturated rings. The number of para-hydroxylation sites is 2. The quantitative estimate of drug-likeness (QED) is 0.205. The van der Waals surface area contributed by atoms with E-state index in [2.05, 4.69) is 22.3 Å². The van der Waals surface area contributed by atoms with E-state index in [0.29, 0.717) is 17.2 Å². The summed E-state index contributed by atoms with van der Waals surface area (Å²) in [5.74, 6) is 0.342. The molecule has 0 atom stereocenters. The molecule has 2 heterocycles. The lowest BCUT2D eigenvalue weighted by atomic mass is 9.94. The minimum atomic E-state index is -0.513. The molecule has 0 spiro atoms. The number of carbonyl (C=O) groups excluding carboxylic acids is 2. The zero-order valence-electron chi connectivity index (χ0n) is 20.5. The standard InChI is InChI=1S/C31H23N3O3S/c1-33-27-10-6-5-7-21(27)19-22-17-20(11-16-28(22)33)18-26-29(35)32-31(38)34(30(26)36)23-12-14-25(15-13-23)37-24-8-3-2-4-9-24/h2-18H,19H2,1H3,(H,32,35,38)/b26-18+. The lowest BCUT2D eigenvalue weighted by Gasteiger charge is -2.30. The SMILES string of the molecule is CN1c2ccccc2Cc2cc(/C=C3\C(=O)NC(=S)N(c4ccc(Oc5ccccc5)cc4)C3=O)ccc21. The summed E-state index contributed by atoms with van der Waals surface area (Å²) >= 11 is 5.36. The van der Waals surface area contributed by atoms with Crippen LogP contribution >= 0.6 is 12.2 Å². The van der Waals surface area contributed by atoms with Crippen LogP contribution in [0, 0.1) is 0 Å². The van der Waals surface area contributed by atoms with E-state index in [1.165, 1.54) is 16.2 Å². The molecule has 1 saturated heterocycles. The summed E-state index contributed by atoms with van der Waals surface area (Å²) in [5.41, 5.74) is 5.97. The molecule has 0 radical (unpaired) electrons. The number of hydrogen-bond donors (Lipinski definition) is 1. The smallest absolute Gasteiger partial charge is 0.270 e. The van der Waals surface area contributed by atoms with Crippen molar-refractivity contribution in [2.45, 2.75) is 6.42 Å². The molecule has 0 saturated carbocycles. The topological polar surface area (TPSA) is 61.9 Å². The molecule has 7 heteroatoms. The van der Waals surface area contributed by atoms with Crippen LogP contribution < -0.4 is 19.9 Å². The molecule has 1 N–H and O–H groups in total. The summed E-state index contributed by atoms with van der Waals surface area (Å²) in [5, 5.41) is 2.69. The van der Waals surface area contributed by atoms with E-state index in [-0.39, 0.29) is 10.7 Å². The highest BCUT2D eigenvalue weighted by atomic mass is 32.1. The molecular weight excluding hydrogens is 494 g/mol. The maximum atomic E-state index is 13.5. The molecule has 0 aromatic heterocycles. The van der Waals surface area contributed by atoms with Crippen molar-refractivity contribution >= 4 is 52.3 Å². The Labute approximate surface area is 225 Å². The van der Waals surface area contributed by atoms with Gasteiger partial charge in [0.15, 0.2) is 5.11 Å². The van der Waals surface area contributed by atoms with Gasteiger partial charge in [-0.3, -0.25) is 19.8 Å². The first-order valence-electron chi connectivity index (χ1n) is 12.2. The lowest BCUT2D eigenvalue weighted by Crippen LogP contribution is -2.54. The van der Waals surface area contributed by atoms with Gasteiger partial charge in [0.05, 0.1) is 5.69 Å². The number of thiocarbonyl (C=S) groups is 1. The van der Waals surface area contributed by atoms with E-state index in [0.717, 1.165) is 23.2 Å². The summed E-state index contributed by atoms with van der Waals surface area (Å²) in [6.07, 6.45) is 2.40. The maximum Gasteiger partial charge on any atom is 0.270 e. The van der Waals surface area contributed by atoms with E-state index in [9.17, 15) is 9.59 Å². The van der Waals surface area contributed by atoms with Gasteiger partial charge in [-0.25, -0.2) is 0 Å². The molecule has 38 heavy (non-hydrogen) atoms. The van der Waals surface area contributed by atoms with Crippen molar-refractivity contribution in [3.63, 3.8) is 0 Å². The van der Waals surface area contributed by atoms with Gasteiger partial charge in [-0.05, 0) is 89.6 Å². The summed E-state index contributed by atoms with van der Waals surface area (Å²) in [6.45, 7) is 0. The number of anilines is 3. The van der Waals surface area contributed by atoms with Crippen molar-refractivity contribution in [2.24, 2.45) is 0 Å². The second kappa shape index (κ2) is 9.61. The van der Waals surface area contributed by atoms with Crippen LogP contribution in [0.15, 0.2) is 103 Å². The Morgan fingerprint density at radius 3 is 2.29 bits per heavy atom. The number of ether oxygens (including phenoxy) is 1. The fourth-order valence-corrected chi connectivity index (χ4v) is 5.11.